The molecule has 0 aromatic carbocycles. The molecule has 0 heterocycles. The topological polar surface area (TPSA) is 0 Å². The van der Waals surface area contributed by atoms with Gasteiger partial charge in [-0.05, 0) is 41.5 Å². The molecule has 0 saturated heterocycles. The van der Waals surface area contributed by atoms with E-state index >= 15 is 0 Å². The fourth-order valence-corrected chi connectivity index (χ4v) is 3.25. The molecule has 1 unspecified atom stereocenters. The van der Waals surface area contributed by atoms with Crippen LogP contribution < -0.4 is 0 Å². The quantitative estimate of drug-likeness (QED) is 0.650. The van der Waals surface area contributed by atoms with Crippen molar-refractivity contribution in [3.8, 4) is 11.1 Å². The maximum Gasteiger partial charge on any atom is 0.00993 e. The Hall–Kier alpha value is -2.08. The lowest BCUT2D eigenvalue weighted by molar-refractivity contribution is 0.880. The number of hydrogen-bond acceptors (Lipinski definition) is 0. The van der Waals surface area contributed by atoms with Crippen molar-refractivity contribution >= 4 is 0 Å². The summed E-state index contributed by atoms with van der Waals surface area (Å²) in [7, 11) is 0. The highest BCUT2D eigenvalue weighted by atomic mass is 14.3. The lowest BCUT2D eigenvalue weighted by Gasteiger charge is -2.23. The van der Waals surface area contributed by atoms with Crippen LogP contribution in [0.5, 0.6) is 0 Å². The Morgan fingerprint density at radius 3 is 2.85 bits per heavy atom. The van der Waals surface area contributed by atoms with Gasteiger partial charge in [0.25, 0.3) is 0 Å². The normalized spacial score (nSPS) is 21.3. The molecule has 4 aliphatic rings. The summed E-state index contributed by atoms with van der Waals surface area (Å²) in [5, 5.41) is 0. The smallest absolute Gasteiger partial charge is 0.00993 e. The molecule has 0 aromatic heterocycles. The Balaban J connectivity index is 1.71. The zero-order valence-corrected chi connectivity index (χ0v) is 11.4. The summed E-state index contributed by atoms with van der Waals surface area (Å²) >= 11 is 0. The van der Waals surface area contributed by atoms with E-state index in [0.29, 0.717) is 5.92 Å². The van der Waals surface area contributed by atoms with Gasteiger partial charge in [0.2, 0.25) is 0 Å². The van der Waals surface area contributed by atoms with Gasteiger partial charge in [-0.2, -0.15) is 0 Å². The van der Waals surface area contributed by atoms with Crippen LogP contribution in [-0.4, -0.2) is 0 Å². The van der Waals surface area contributed by atoms with Crippen molar-refractivity contribution < 1.29 is 0 Å². The molecular weight excluding hydrogens is 240 g/mol. The monoisotopic (exact) mass is 257 g/mol. The fourth-order valence-electron chi connectivity index (χ4n) is 3.25. The molecule has 1 radical (unpaired) electrons. The van der Waals surface area contributed by atoms with Crippen LogP contribution in [0, 0.1) is 6.42 Å². The lowest BCUT2D eigenvalue weighted by Crippen LogP contribution is -2.06. The zero-order chi connectivity index (χ0) is 13.4. The first-order valence-corrected chi connectivity index (χ1v) is 7.32. The van der Waals surface area contributed by atoms with E-state index in [-0.39, 0.29) is 0 Å². The second-order valence-electron chi connectivity index (χ2n) is 5.54. The standard InChI is InChI=1S/C20H17/c1-2-7-16-12-13-20(19(16)9-3-1)18-11-10-15-6-4-5-8-17(15)14-18/h1-4,6-7,9-14,18H,5,8H2. The molecular formula is C20H17. The van der Waals surface area contributed by atoms with Crippen LogP contribution in [0.15, 0.2) is 77.9 Å². The SMILES string of the molecule is [CH]1C2=C(C=CCC2)C=CC1c1ccc2cccccc1-2. The van der Waals surface area contributed by atoms with Gasteiger partial charge in [-0.3, -0.25) is 0 Å². The largest absolute Gasteiger partial charge is 0.0836 e. The van der Waals surface area contributed by atoms with Crippen molar-refractivity contribution in [2.24, 2.45) is 0 Å². The van der Waals surface area contributed by atoms with Gasteiger partial charge < -0.3 is 0 Å². The second kappa shape index (κ2) is 4.79. The van der Waals surface area contributed by atoms with Crippen LogP contribution in [0.25, 0.3) is 11.1 Å². The minimum atomic E-state index is 0.417. The molecule has 20 heavy (non-hydrogen) atoms. The predicted octanol–water partition coefficient (Wildman–Crippen LogP) is 5.30. The molecule has 0 heteroatoms. The third kappa shape index (κ3) is 1.92. The van der Waals surface area contributed by atoms with Crippen molar-refractivity contribution in [3.63, 3.8) is 0 Å². The van der Waals surface area contributed by atoms with Crippen molar-refractivity contribution in [3.05, 3.63) is 89.9 Å². The molecule has 1 atom stereocenters. The van der Waals surface area contributed by atoms with Crippen LogP contribution in [0.3, 0.4) is 0 Å². The Morgan fingerprint density at radius 1 is 0.900 bits per heavy atom. The van der Waals surface area contributed by atoms with E-state index in [4.69, 9.17) is 0 Å². The van der Waals surface area contributed by atoms with Gasteiger partial charge in [-0.15, -0.1) is 0 Å². The van der Waals surface area contributed by atoms with Crippen LogP contribution in [0.1, 0.15) is 24.3 Å². The van der Waals surface area contributed by atoms with Gasteiger partial charge in [0.1, 0.15) is 0 Å². The van der Waals surface area contributed by atoms with Gasteiger partial charge in [-0.25, -0.2) is 0 Å². The molecule has 0 aliphatic heterocycles. The van der Waals surface area contributed by atoms with E-state index in [2.05, 4.69) is 73.2 Å². The van der Waals surface area contributed by atoms with Crippen molar-refractivity contribution in [2.45, 2.75) is 18.8 Å². The van der Waals surface area contributed by atoms with Crippen LogP contribution in [0.2, 0.25) is 0 Å². The summed E-state index contributed by atoms with van der Waals surface area (Å²) < 4.78 is 0. The van der Waals surface area contributed by atoms with Crippen molar-refractivity contribution in [1.29, 1.82) is 0 Å². The maximum absolute atomic E-state index is 2.45. The van der Waals surface area contributed by atoms with Crippen molar-refractivity contribution in [2.75, 3.05) is 0 Å². The minimum Gasteiger partial charge on any atom is -0.0836 e. The molecule has 0 aromatic rings. The number of allylic oxidation sites excluding steroid dienone is 6. The van der Waals surface area contributed by atoms with Gasteiger partial charge in [-0.1, -0.05) is 72.3 Å². The molecule has 97 valence electrons. The third-order valence-corrected chi connectivity index (χ3v) is 4.30. The highest BCUT2D eigenvalue weighted by molar-refractivity contribution is 5.72. The average Bonchev–Trinajstić information content (AvgIpc) is 2.75. The third-order valence-electron chi connectivity index (χ3n) is 4.30. The highest BCUT2D eigenvalue weighted by Crippen LogP contribution is 2.40. The lowest BCUT2D eigenvalue weighted by atomic mass is 9.81. The van der Waals surface area contributed by atoms with Crippen LogP contribution in [0.4, 0.5) is 0 Å². The van der Waals surface area contributed by atoms with E-state index < -0.39 is 0 Å². The summed E-state index contributed by atoms with van der Waals surface area (Å²) in [5.41, 5.74) is 7.03. The van der Waals surface area contributed by atoms with E-state index in [1.165, 1.54) is 40.7 Å². The van der Waals surface area contributed by atoms with E-state index in [1.54, 1.807) is 0 Å². The Bertz CT molecular complexity index is 700. The Morgan fingerprint density at radius 2 is 1.85 bits per heavy atom. The van der Waals surface area contributed by atoms with Crippen LogP contribution in [-0.2, 0) is 0 Å². The van der Waals surface area contributed by atoms with E-state index in [1.807, 2.05) is 0 Å². The number of hydrogen-bond donors (Lipinski definition) is 0. The van der Waals surface area contributed by atoms with Crippen molar-refractivity contribution in [1.82, 2.24) is 0 Å². The molecule has 0 amide bonds. The summed E-state index contributed by atoms with van der Waals surface area (Å²) in [6, 6.07) is 15.3. The minimum absolute atomic E-state index is 0.417. The second-order valence-corrected chi connectivity index (χ2v) is 5.54. The van der Waals surface area contributed by atoms with E-state index in [0.717, 1.165) is 0 Å². The molecule has 4 rings (SSSR count). The molecule has 0 nitrogen and oxygen atoms in total. The van der Waals surface area contributed by atoms with Crippen LogP contribution >= 0.6 is 0 Å². The molecule has 0 saturated carbocycles. The summed E-state index contributed by atoms with van der Waals surface area (Å²) in [6.07, 6.45) is 13.9. The average molecular weight is 257 g/mol. The van der Waals surface area contributed by atoms with E-state index in [9.17, 15) is 0 Å². The number of fused-ring (bicyclic) bond motifs is 1. The number of rotatable bonds is 1. The fraction of sp³-hybridized carbons (Fsp3) is 0.150. The Labute approximate surface area is 120 Å². The summed E-state index contributed by atoms with van der Waals surface area (Å²) in [5.74, 6) is 0.417. The molecule has 0 fully saturated rings. The van der Waals surface area contributed by atoms with Gasteiger partial charge in [0.05, 0.1) is 0 Å². The highest BCUT2D eigenvalue weighted by Gasteiger charge is 2.21. The predicted molar refractivity (Wildman–Crippen MR) is 84.6 cm³/mol. The summed E-state index contributed by atoms with van der Waals surface area (Å²) in [6.45, 7) is 0. The zero-order valence-electron chi connectivity index (χ0n) is 11.4. The summed E-state index contributed by atoms with van der Waals surface area (Å²) in [4.78, 5) is 0. The molecule has 0 N–H and O–H groups in total. The van der Waals surface area contributed by atoms with Gasteiger partial charge in [0, 0.05) is 5.92 Å². The molecule has 0 spiro atoms. The molecule has 4 aliphatic carbocycles. The van der Waals surface area contributed by atoms with Gasteiger partial charge in [0.15, 0.2) is 0 Å². The first-order chi connectivity index (χ1) is 9.92. The van der Waals surface area contributed by atoms with Gasteiger partial charge >= 0.3 is 0 Å². The Kier molecular flexibility index (Phi) is 2.81. The first kappa shape index (κ1) is 11.7. The maximum atomic E-state index is 2.45. The molecule has 0 bridgehead atoms. The first-order valence-electron chi connectivity index (χ1n) is 7.32.